The molecule has 3 N–H and O–H groups in total. The summed E-state index contributed by atoms with van der Waals surface area (Å²) >= 11 is 0. The minimum absolute atomic E-state index is 0.0216. The molecule has 1 aliphatic rings. The molecule has 0 aromatic heterocycles. The van der Waals surface area contributed by atoms with Crippen LogP contribution in [0.25, 0.3) is 0 Å². The fourth-order valence-electron chi connectivity index (χ4n) is 3.25. The molecule has 4 nitrogen and oxygen atoms in total. The Morgan fingerprint density at radius 1 is 1.46 bits per heavy atom. The van der Waals surface area contributed by atoms with Crippen LogP contribution in [0, 0.1) is 5.92 Å². The second-order valence-electron chi connectivity index (χ2n) is 7.18. The van der Waals surface area contributed by atoms with Gasteiger partial charge in [0.2, 0.25) is 0 Å². The van der Waals surface area contributed by atoms with E-state index in [0.717, 1.165) is 50.5 Å². The van der Waals surface area contributed by atoms with Gasteiger partial charge in [0.25, 0.3) is 0 Å². The quantitative estimate of drug-likeness (QED) is 0.450. The Balaban J connectivity index is 2.43. The van der Waals surface area contributed by atoms with Gasteiger partial charge in [-0.1, -0.05) is 23.3 Å². The summed E-state index contributed by atoms with van der Waals surface area (Å²) < 4.78 is 5.52. The lowest BCUT2D eigenvalue weighted by Crippen LogP contribution is -2.28. The second-order valence-corrected chi connectivity index (χ2v) is 7.18. The molecule has 0 aliphatic heterocycles. The van der Waals surface area contributed by atoms with E-state index in [-0.39, 0.29) is 6.10 Å². The maximum absolute atomic E-state index is 6.08. The molecular weight excluding hydrogens is 298 g/mol. The number of methoxy groups -OCH3 is 1. The lowest BCUT2D eigenvalue weighted by molar-refractivity contribution is 0.130. The number of hydrogen-bond acceptors (Lipinski definition) is 4. The Labute approximate surface area is 148 Å². The lowest BCUT2D eigenvalue weighted by atomic mass is 9.98. The normalized spacial score (nSPS) is 20.0. The maximum atomic E-state index is 6.08. The third kappa shape index (κ3) is 7.65. The lowest BCUT2D eigenvalue weighted by Gasteiger charge is -2.21. The van der Waals surface area contributed by atoms with Gasteiger partial charge in [-0.25, -0.2) is 0 Å². The van der Waals surface area contributed by atoms with Crippen LogP contribution in [0.4, 0.5) is 0 Å². The highest BCUT2D eigenvalue weighted by Crippen LogP contribution is 2.23. The van der Waals surface area contributed by atoms with Crippen molar-refractivity contribution in [2.45, 2.75) is 45.1 Å². The first kappa shape index (κ1) is 20.9. The smallest absolute Gasteiger partial charge is 0.0997 e. The molecule has 0 saturated heterocycles. The van der Waals surface area contributed by atoms with Gasteiger partial charge in [-0.2, -0.15) is 0 Å². The fraction of sp³-hybridized carbons (Fsp3) is 0.700. The molecule has 24 heavy (non-hydrogen) atoms. The van der Waals surface area contributed by atoms with Crippen LogP contribution in [-0.4, -0.2) is 51.8 Å². The molecular formula is C20H37N3O. The van der Waals surface area contributed by atoms with Gasteiger partial charge < -0.3 is 20.7 Å². The van der Waals surface area contributed by atoms with Crippen molar-refractivity contribution >= 4 is 0 Å². The number of hydrogen-bond donors (Lipinski definition) is 2. The van der Waals surface area contributed by atoms with E-state index >= 15 is 0 Å². The van der Waals surface area contributed by atoms with Gasteiger partial charge in [-0.05, 0) is 59.2 Å². The first-order valence-corrected chi connectivity index (χ1v) is 9.10. The zero-order chi connectivity index (χ0) is 17.9. The average Bonchev–Trinajstić information content (AvgIpc) is 2.68. The predicted molar refractivity (Wildman–Crippen MR) is 104 cm³/mol. The Morgan fingerprint density at radius 3 is 2.83 bits per heavy atom. The highest BCUT2D eigenvalue weighted by atomic mass is 16.5. The molecule has 0 aromatic carbocycles. The van der Waals surface area contributed by atoms with E-state index in [2.05, 4.69) is 43.9 Å². The monoisotopic (exact) mass is 335 g/mol. The van der Waals surface area contributed by atoms with Crippen LogP contribution >= 0.6 is 0 Å². The topological polar surface area (TPSA) is 50.5 Å². The largest absolute Gasteiger partial charge is 0.400 e. The summed E-state index contributed by atoms with van der Waals surface area (Å²) in [6.45, 7) is 9.18. The van der Waals surface area contributed by atoms with Crippen LogP contribution in [0.5, 0.6) is 0 Å². The zero-order valence-corrected chi connectivity index (χ0v) is 16.1. The maximum Gasteiger partial charge on any atom is 0.0997 e. The number of ether oxygens (including phenoxy) is 1. The van der Waals surface area contributed by atoms with Crippen molar-refractivity contribution < 1.29 is 4.74 Å². The van der Waals surface area contributed by atoms with Gasteiger partial charge in [0, 0.05) is 32.3 Å². The van der Waals surface area contributed by atoms with Crippen molar-refractivity contribution in [1.29, 1.82) is 0 Å². The summed E-state index contributed by atoms with van der Waals surface area (Å²) in [6, 6.07) is 0. The van der Waals surface area contributed by atoms with Crippen molar-refractivity contribution in [2.75, 3.05) is 40.8 Å². The van der Waals surface area contributed by atoms with E-state index in [4.69, 9.17) is 10.5 Å². The number of nitrogens with two attached hydrogens (primary N) is 1. The summed E-state index contributed by atoms with van der Waals surface area (Å²) in [7, 11) is 6.04. The summed E-state index contributed by atoms with van der Waals surface area (Å²) in [5, 5.41) is 3.63. The van der Waals surface area contributed by atoms with Crippen molar-refractivity contribution in [3.05, 3.63) is 35.6 Å². The summed E-state index contributed by atoms with van der Waals surface area (Å²) in [5.41, 5.74) is 9.80. The molecule has 2 atom stereocenters. The van der Waals surface area contributed by atoms with Gasteiger partial charge in [0.15, 0.2) is 0 Å². The molecule has 1 rings (SSSR count). The van der Waals surface area contributed by atoms with Crippen LogP contribution in [0.1, 0.15) is 39.0 Å². The van der Waals surface area contributed by atoms with Gasteiger partial charge >= 0.3 is 0 Å². The Bertz CT molecular complexity index is 440. The molecule has 138 valence electrons. The van der Waals surface area contributed by atoms with Crippen LogP contribution < -0.4 is 11.1 Å². The van der Waals surface area contributed by atoms with E-state index < -0.39 is 0 Å². The van der Waals surface area contributed by atoms with Crippen LogP contribution in [0.3, 0.4) is 0 Å². The number of nitrogens with zero attached hydrogens (tertiary/aromatic N) is 1. The predicted octanol–water partition coefficient (Wildman–Crippen LogP) is 3.08. The number of rotatable bonds is 11. The zero-order valence-electron chi connectivity index (χ0n) is 16.1. The van der Waals surface area contributed by atoms with Crippen LogP contribution in [0.15, 0.2) is 35.6 Å². The van der Waals surface area contributed by atoms with Gasteiger partial charge in [0.05, 0.1) is 6.10 Å². The van der Waals surface area contributed by atoms with Gasteiger partial charge in [-0.3, -0.25) is 0 Å². The van der Waals surface area contributed by atoms with Crippen LogP contribution in [0.2, 0.25) is 0 Å². The third-order valence-corrected chi connectivity index (χ3v) is 4.81. The molecule has 0 radical (unpaired) electrons. The molecule has 0 spiro atoms. The van der Waals surface area contributed by atoms with Crippen molar-refractivity contribution in [2.24, 2.45) is 11.7 Å². The number of allylic oxidation sites excluding steroid dienone is 3. The highest BCUT2D eigenvalue weighted by molar-refractivity contribution is 5.25. The molecule has 0 heterocycles. The minimum Gasteiger partial charge on any atom is -0.400 e. The average molecular weight is 336 g/mol. The van der Waals surface area contributed by atoms with Crippen molar-refractivity contribution in [1.82, 2.24) is 10.2 Å². The van der Waals surface area contributed by atoms with Gasteiger partial charge in [-0.15, -0.1) is 6.58 Å². The Kier molecular flexibility index (Phi) is 9.99. The molecule has 0 aromatic rings. The molecule has 0 bridgehead atoms. The fourth-order valence-corrected chi connectivity index (χ4v) is 3.25. The summed E-state index contributed by atoms with van der Waals surface area (Å²) in [4.78, 5) is 2.28. The summed E-state index contributed by atoms with van der Waals surface area (Å²) in [5.74, 6) is 0.721. The van der Waals surface area contributed by atoms with Crippen molar-refractivity contribution in [3.8, 4) is 0 Å². The summed E-state index contributed by atoms with van der Waals surface area (Å²) in [6.07, 6.45) is 9.50. The van der Waals surface area contributed by atoms with Crippen molar-refractivity contribution in [3.63, 3.8) is 0 Å². The van der Waals surface area contributed by atoms with E-state index in [1.807, 2.05) is 6.08 Å². The molecule has 4 heteroatoms. The standard InChI is InChI=1S/C20H37N3O/c1-6-7-8-17(15-23(3)4)11-12-22-14-18-13-20(24-5)19(21)10-9-16(18)2/h6,10,17,20,22H,1,7-9,11-15,21H2,2-5H3/t17?,20-/m1/s1. The molecule has 1 unspecified atom stereocenters. The van der Waals surface area contributed by atoms with E-state index in [1.54, 1.807) is 7.11 Å². The minimum atomic E-state index is 0.0216. The second kappa shape index (κ2) is 11.5. The first-order chi connectivity index (χ1) is 11.5. The van der Waals surface area contributed by atoms with Gasteiger partial charge in [0.1, 0.15) is 0 Å². The Morgan fingerprint density at radius 2 is 2.21 bits per heavy atom. The van der Waals surface area contributed by atoms with E-state index in [9.17, 15) is 0 Å². The third-order valence-electron chi connectivity index (χ3n) is 4.81. The molecule has 0 amide bonds. The van der Waals surface area contributed by atoms with E-state index in [0.29, 0.717) is 0 Å². The SMILES string of the molecule is C=CCCC(CCNCC1=C(C)CC=C(N)[C@H](OC)C1)CN(C)C. The molecule has 1 aliphatic carbocycles. The Hall–Kier alpha value is -1.10. The van der Waals surface area contributed by atoms with Crippen LogP contribution in [-0.2, 0) is 4.74 Å². The molecule has 0 saturated carbocycles. The first-order valence-electron chi connectivity index (χ1n) is 9.10. The molecule has 0 fully saturated rings. The van der Waals surface area contributed by atoms with E-state index in [1.165, 1.54) is 24.0 Å². The highest BCUT2D eigenvalue weighted by Gasteiger charge is 2.18. The number of nitrogens with one attached hydrogen (secondary N) is 1.